The van der Waals surface area contributed by atoms with Crippen molar-refractivity contribution in [1.29, 1.82) is 0 Å². The Bertz CT molecular complexity index is 568. The average Bonchev–Trinajstić information content (AvgIpc) is 2.77. The quantitative estimate of drug-likeness (QED) is 0.856. The maximum atomic E-state index is 12.2. The van der Waals surface area contributed by atoms with Crippen molar-refractivity contribution in [1.82, 2.24) is 9.88 Å². The number of hydrogen-bond acceptors (Lipinski definition) is 5. The van der Waals surface area contributed by atoms with E-state index in [1.54, 1.807) is 31.5 Å². The van der Waals surface area contributed by atoms with Crippen LogP contribution in [0.3, 0.4) is 0 Å². The van der Waals surface area contributed by atoms with Gasteiger partial charge in [0, 0.05) is 32.5 Å². The normalized spacial score (nSPS) is 18.5. The molecule has 6 nitrogen and oxygen atoms in total. The van der Waals surface area contributed by atoms with E-state index in [-0.39, 0.29) is 17.8 Å². The number of Topliss-reactive ketones (excluding diaryl/α,β-unsaturated/α-hetero) is 1. The largest absolute Gasteiger partial charge is 0.503 e. The van der Waals surface area contributed by atoms with Crippen LogP contribution >= 0.6 is 0 Å². The minimum atomic E-state index is -0.580. The molecule has 0 aliphatic carbocycles. The second kappa shape index (κ2) is 6.49. The molecular weight excluding hydrogens is 272 g/mol. The number of carbonyl (C=O) groups excluding carboxylic acids is 2. The Kier molecular flexibility index (Phi) is 4.70. The van der Waals surface area contributed by atoms with Gasteiger partial charge in [-0.1, -0.05) is 6.92 Å². The van der Waals surface area contributed by atoms with Crippen molar-refractivity contribution in [2.45, 2.75) is 19.4 Å². The fourth-order valence-corrected chi connectivity index (χ4v) is 2.44. The first-order valence-corrected chi connectivity index (χ1v) is 6.78. The smallest absolute Gasteiger partial charge is 0.290 e. The molecule has 0 fully saturated rings. The molecule has 21 heavy (non-hydrogen) atoms. The number of rotatable bonds is 6. The van der Waals surface area contributed by atoms with Crippen molar-refractivity contribution in [2.75, 3.05) is 20.3 Å². The second-order valence-corrected chi connectivity index (χ2v) is 4.71. The zero-order valence-electron chi connectivity index (χ0n) is 12.1. The van der Waals surface area contributed by atoms with Crippen LogP contribution in [0.15, 0.2) is 35.9 Å². The molecule has 0 saturated heterocycles. The first-order valence-electron chi connectivity index (χ1n) is 6.78. The van der Waals surface area contributed by atoms with E-state index in [1.807, 2.05) is 0 Å². The van der Waals surface area contributed by atoms with Gasteiger partial charge >= 0.3 is 0 Å². The number of amides is 1. The number of aliphatic hydroxyl groups is 1. The first-order chi connectivity index (χ1) is 10.1. The van der Waals surface area contributed by atoms with E-state index in [1.165, 1.54) is 12.0 Å². The third-order valence-electron chi connectivity index (χ3n) is 3.48. The molecule has 1 aromatic rings. The number of nitrogens with zero attached hydrogens (tertiary/aromatic N) is 2. The summed E-state index contributed by atoms with van der Waals surface area (Å²) in [5.74, 6) is -1.23. The summed E-state index contributed by atoms with van der Waals surface area (Å²) in [5.41, 5.74) is 0.903. The van der Waals surface area contributed by atoms with Gasteiger partial charge < -0.3 is 14.7 Å². The third-order valence-corrected chi connectivity index (χ3v) is 3.48. The predicted molar refractivity (Wildman–Crippen MR) is 75.5 cm³/mol. The highest BCUT2D eigenvalue weighted by Crippen LogP contribution is 2.37. The van der Waals surface area contributed by atoms with Gasteiger partial charge in [-0.2, -0.15) is 0 Å². The first kappa shape index (κ1) is 15.2. The summed E-state index contributed by atoms with van der Waals surface area (Å²) >= 11 is 0. The van der Waals surface area contributed by atoms with E-state index in [2.05, 4.69) is 4.98 Å². The molecule has 0 aromatic carbocycles. The Morgan fingerprint density at radius 2 is 2.10 bits per heavy atom. The summed E-state index contributed by atoms with van der Waals surface area (Å²) < 4.78 is 5.00. The molecule has 2 rings (SSSR count). The Labute approximate surface area is 123 Å². The lowest BCUT2D eigenvalue weighted by molar-refractivity contribution is -0.130. The zero-order chi connectivity index (χ0) is 15.4. The number of ketones is 1. The van der Waals surface area contributed by atoms with Crippen LogP contribution in [0.4, 0.5) is 0 Å². The maximum absolute atomic E-state index is 12.2. The highest BCUT2D eigenvalue weighted by molar-refractivity contribution is 6.08. The average molecular weight is 290 g/mol. The highest BCUT2D eigenvalue weighted by atomic mass is 16.5. The van der Waals surface area contributed by atoms with Crippen molar-refractivity contribution < 1.29 is 19.4 Å². The van der Waals surface area contributed by atoms with Gasteiger partial charge in [0.2, 0.25) is 0 Å². The second-order valence-electron chi connectivity index (χ2n) is 4.71. The summed E-state index contributed by atoms with van der Waals surface area (Å²) in [6.07, 6.45) is 3.42. The van der Waals surface area contributed by atoms with E-state index in [0.29, 0.717) is 13.2 Å². The van der Waals surface area contributed by atoms with Gasteiger partial charge in [0.15, 0.2) is 11.5 Å². The van der Waals surface area contributed by atoms with Gasteiger partial charge in [0.05, 0.1) is 18.2 Å². The third kappa shape index (κ3) is 2.80. The fraction of sp³-hybridized carbons (Fsp3) is 0.400. The van der Waals surface area contributed by atoms with Crippen LogP contribution in [0.1, 0.15) is 24.9 Å². The molecular formula is C15H18N2O4. The number of carbonyl (C=O) groups is 2. The molecule has 1 N–H and O–H groups in total. The molecule has 112 valence electrons. The van der Waals surface area contributed by atoms with Gasteiger partial charge in [0.1, 0.15) is 0 Å². The Hall–Kier alpha value is -2.21. The molecule has 1 amide bonds. The lowest BCUT2D eigenvalue weighted by atomic mass is 9.96. The van der Waals surface area contributed by atoms with E-state index in [4.69, 9.17) is 4.74 Å². The number of ether oxygens (including phenoxy) is 1. The molecule has 1 aliphatic rings. The molecule has 0 bridgehead atoms. The fourth-order valence-electron chi connectivity index (χ4n) is 2.44. The van der Waals surface area contributed by atoms with Crippen LogP contribution in [0, 0.1) is 0 Å². The van der Waals surface area contributed by atoms with E-state index >= 15 is 0 Å². The van der Waals surface area contributed by atoms with Crippen molar-refractivity contribution >= 4 is 11.7 Å². The molecule has 1 atom stereocenters. The highest BCUT2D eigenvalue weighted by Gasteiger charge is 2.42. The van der Waals surface area contributed by atoms with E-state index in [9.17, 15) is 14.7 Å². The van der Waals surface area contributed by atoms with Crippen LogP contribution < -0.4 is 0 Å². The minimum absolute atomic E-state index is 0.157. The SMILES string of the molecule is CCC(=O)C1=C(O)C(=O)N(CCOC)C1c1ccncc1. The predicted octanol–water partition coefficient (Wildman–Crippen LogP) is 1.40. The number of aliphatic hydroxyl groups excluding tert-OH is 1. The molecule has 1 aromatic heterocycles. The number of methoxy groups -OCH3 is 1. The number of aromatic nitrogens is 1. The number of pyridine rings is 1. The zero-order valence-corrected chi connectivity index (χ0v) is 12.1. The lowest BCUT2D eigenvalue weighted by Crippen LogP contribution is -2.33. The van der Waals surface area contributed by atoms with Crippen LogP contribution in [0.25, 0.3) is 0 Å². The Morgan fingerprint density at radius 3 is 2.67 bits per heavy atom. The topological polar surface area (TPSA) is 79.7 Å². The minimum Gasteiger partial charge on any atom is -0.503 e. The Morgan fingerprint density at radius 1 is 1.43 bits per heavy atom. The van der Waals surface area contributed by atoms with Crippen LogP contribution in [-0.4, -0.2) is 46.9 Å². The summed E-state index contributed by atoms with van der Waals surface area (Å²) in [7, 11) is 1.54. The van der Waals surface area contributed by atoms with Gasteiger partial charge in [-0.05, 0) is 17.7 Å². The molecule has 6 heteroatoms. The van der Waals surface area contributed by atoms with E-state index in [0.717, 1.165) is 5.56 Å². The Balaban J connectivity index is 2.45. The van der Waals surface area contributed by atoms with Crippen molar-refractivity contribution in [3.05, 3.63) is 41.4 Å². The molecule has 0 saturated carbocycles. The monoisotopic (exact) mass is 290 g/mol. The standard InChI is InChI=1S/C15H18N2O4/c1-3-11(18)12-13(10-4-6-16-7-5-10)17(8-9-21-2)15(20)14(12)19/h4-7,13,19H,3,8-9H2,1-2H3. The summed E-state index contributed by atoms with van der Waals surface area (Å²) in [6, 6.07) is 2.89. The van der Waals surface area contributed by atoms with Gasteiger partial charge in [0.25, 0.3) is 5.91 Å². The maximum Gasteiger partial charge on any atom is 0.290 e. The van der Waals surface area contributed by atoms with Crippen molar-refractivity contribution in [3.63, 3.8) is 0 Å². The van der Waals surface area contributed by atoms with Gasteiger partial charge in [-0.15, -0.1) is 0 Å². The molecule has 1 aliphatic heterocycles. The van der Waals surface area contributed by atoms with Gasteiger partial charge in [-0.25, -0.2) is 0 Å². The van der Waals surface area contributed by atoms with Crippen molar-refractivity contribution in [3.8, 4) is 0 Å². The summed E-state index contributed by atoms with van der Waals surface area (Å²) in [5, 5.41) is 10.1. The lowest BCUT2D eigenvalue weighted by Gasteiger charge is -2.26. The molecule has 2 heterocycles. The van der Waals surface area contributed by atoms with Crippen LogP contribution in [0.2, 0.25) is 0 Å². The van der Waals surface area contributed by atoms with Crippen molar-refractivity contribution in [2.24, 2.45) is 0 Å². The summed E-state index contributed by atoms with van der Waals surface area (Å²) in [4.78, 5) is 29.7. The summed E-state index contributed by atoms with van der Waals surface area (Å²) in [6.45, 7) is 2.33. The van der Waals surface area contributed by atoms with Gasteiger partial charge in [-0.3, -0.25) is 14.6 Å². The van der Waals surface area contributed by atoms with Crippen LogP contribution in [-0.2, 0) is 14.3 Å². The van der Waals surface area contributed by atoms with Crippen LogP contribution in [0.5, 0.6) is 0 Å². The molecule has 0 spiro atoms. The number of hydrogen-bond donors (Lipinski definition) is 1. The van der Waals surface area contributed by atoms with E-state index < -0.39 is 17.7 Å². The molecule has 1 unspecified atom stereocenters. The molecule has 0 radical (unpaired) electrons.